The summed E-state index contributed by atoms with van der Waals surface area (Å²) in [5.41, 5.74) is -1.14. The molecule has 0 atom stereocenters. The highest BCUT2D eigenvalue weighted by Gasteiger charge is 2.47. The van der Waals surface area contributed by atoms with E-state index in [-0.39, 0.29) is 56.4 Å². The number of nitrogens with one attached hydrogen (secondary N) is 1. The first-order valence-electron chi connectivity index (χ1n) is 13.5. The fourth-order valence-corrected chi connectivity index (χ4v) is 6.18. The number of alkyl halides is 3. The van der Waals surface area contributed by atoms with E-state index in [2.05, 4.69) is 10.3 Å². The average molecular weight is 639 g/mol. The lowest BCUT2D eigenvalue weighted by Gasteiger charge is -2.34. The standard InChI is InChI=1S/C29H30F4N4O6S/c1-18-16-23(37(19(2)38)13-14-43-20(3)39)6-4-21(18)8-15-44(41,42)36-11-9-28(10-12-36)27(40)34-26(35-28)22-5-7-25(30)24(17-22)29(31,32)33/h4-8,15-17H,9-14H2,1-3H3,(H,34,35,40)/b15-8+. The van der Waals surface area contributed by atoms with Gasteiger partial charge in [0.05, 0.1) is 12.1 Å². The molecule has 2 aromatic rings. The van der Waals surface area contributed by atoms with E-state index >= 15 is 0 Å². The van der Waals surface area contributed by atoms with E-state index in [1.807, 2.05) is 0 Å². The molecule has 15 heteroatoms. The van der Waals surface area contributed by atoms with Crippen molar-refractivity contribution in [1.82, 2.24) is 9.62 Å². The highest BCUT2D eigenvalue weighted by molar-refractivity contribution is 7.92. The third-order valence-electron chi connectivity index (χ3n) is 7.42. The lowest BCUT2D eigenvalue weighted by molar-refractivity contribution is -0.141. The van der Waals surface area contributed by atoms with E-state index in [1.54, 1.807) is 25.1 Å². The van der Waals surface area contributed by atoms with Crippen LogP contribution < -0.4 is 10.2 Å². The van der Waals surface area contributed by atoms with Crippen molar-refractivity contribution < 1.29 is 45.1 Å². The largest absolute Gasteiger partial charge is 0.464 e. The number of esters is 1. The smallest absolute Gasteiger partial charge is 0.419 e. The van der Waals surface area contributed by atoms with Gasteiger partial charge in [-0.2, -0.15) is 17.5 Å². The minimum atomic E-state index is -4.93. The number of halogens is 4. The number of hydrogen-bond donors (Lipinski definition) is 1. The normalized spacial score (nSPS) is 17.1. The molecule has 1 N–H and O–H groups in total. The number of amides is 2. The molecular formula is C29H30F4N4O6S. The molecule has 2 aliphatic heterocycles. The monoisotopic (exact) mass is 638 g/mol. The number of ether oxygens (including phenoxy) is 1. The van der Waals surface area contributed by atoms with Gasteiger partial charge in [0.1, 0.15) is 23.8 Å². The predicted molar refractivity (Wildman–Crippen MR) is 153 cm³/mol. The molecule has 44 heavy (non-hydrogen) atoms. The van der Waals surface area contributed by atoms with Crippen molar-refractivity contribution in [3.8, 4) is 0 Å². The molecule has 2 aromatic carbocycles. The second-order valence-electron chi connectivity index (χ2n) is 10.4. The average Bonchev–Trinajstić information content (AvgIpc) is 3.24. The van der Waals surface area contributed by atoms with Crippen LogP contribution in [0.5, 0.6) is 0 Å². The Hall–Kier alpha value is -4.11. The van der Waals surface area contributed by atoms with Gasteiger partial charge < -0.3 is 15.0 Å². The number of aryl methyl sites for hydroxylation is 1. The van der Waals surface area contributed by atoms with Gasteiger partial charge in [-0.05, 0) is 67.3 Å². The van der Waals surface area contributed by atoms with Crippen molar-refractivity contribution in [3.63, 3.8) is 0 Å². The van der Waals surface area contributed by atoms with Gasteiger partial charge in [0.25, 0.3) is 5.91 Å². The molecule has 0 saturated carbocycles. The summed E-state index contributed by atoms with van der Waals surface area (Å²) in [5.74, 6) is -2.88. The van der Waals surface area contributed by atoms with Gasteiger partial charge >= 0.3 is 12.1 Å². The number of piperidine rings is 1. The molecule has 0 bridgehead atoms. The van der Waals surface area contributed by atoms with Crippen molar-refractivity contribution >= 4 is 45.4 Å². The lowest BCUT2D eigenvalue weighted by atomic mass is 9.89. The first-order chi connectivity index (χ1) is 20.5. The van der Waals surface area contributed by atoms with Crippen LogP contribution in [0, 0.1) is 12.7 Å². The minimum Gasteiger partial charge on any atom is -0.464 e. The van der Waals surface area contributed by atoms with Crippen molar-refractivity contribution in [2.24, 2.45) is 4.99 Å². The summed E-state index contributed by atoms with van der Waals surface area (Å²) in [6.45, 7) is 4.42. The third-order valence-corrected chi connectivity index (χ3v) is 8.98. The van der Waals surface area contributed by atoms with Crippen LogP contribution in [-0.4, -0.2) is 68.1 Å². The van der Waals surface area contributed by atoms with Gasteiger partial charge in [-0.1, -0.05) is 6.07 Å². The molecular weight excluding hydrogens is 608 g/mol. The Bertz CT molecular complexity index is 1650. The summed E-state index contributed by atoms with van der Waals surface area (Å²) in [7, 11) is -3.92. The third kappa shape index (κ3) is 7.16. The minimum absolute atomic E-state index is 0.00925. The maximum Gasteiger partial charge on any atom is 0.419 e. The Morgan fingerprint density at radius 3 is 2.41 bits per heavy atom. The number of rotatable bonds is 8. The summed E-state index contributed by atoms with van der Waals surface area (Å²) < 4.78 is 85.5. The van der Waals surface area contributed by atoms with Crippen LogP contribution in [-0.2, 0) is 35.3 Å². The fourth-order valence-electron chi connectivity index (χ4n) is 5.00. The molecule has 2 heterocycles. The molecule has 0 unspecified atom stereocenters. The number of sulfonamides is 1. The highest BCUT2D eigenvalue weighted by atomic mass is 32.2. The van der Waals surface area contributed by atoms with Gasteiger partial charge in [0.2, 0.25) is 15.9 Å². The number of aliphatic imine (C=N–C) groups is 1. The van der Waals surface area contributed by atoms with Crippen molar-refractivity contribution in [1.29, 1.82) is 0 Å². The van der Waals surface area contributed by atoms with Crippen LogP contribution in [0.1, 0.15) is 48.9 Å². The molecule has 0 radical (unpaired) electrons. The second kappa shape index (κ2) is 12.5. The zero-order valence-corrected chi connectivity index (χ0v) is 24.9. The van der Waals surface area contributed by atoms with Crippen LogP contribution in [0.3, 0.4) is 0 Å². The molecule has 10 nitrogen and oxygen atoms in total. The summed E-state index contributed by atoms with van der Waals surface area (Å²) >= 11 is 0. The summed E-state index contributed by atoms with van der Waals surface area (Å²) in [5, 5.41) is 3.50. The molecule has 1 saturated heterocycles. The lowest BCUT2D eigenvalue weighted by Crippen LogP contribution is -2.50. The Kier molecular flexibility index (Phi) is 9.30. The Labute approximate surface area is 251 Å². The number of benzene rings is 2. The van der Waals surface area contributed by atoms with Crippen LogP contribution in [0.2, 0.25) is 0 Å². The van der Waals surface area contributed by atoms with Crippen LogP contribution in [0.15, 0.2) is 46.8 Å². The Balaban J connectivity index is 1.45. The summed E-state index contributed by atoms with van der Waals surface area (Å²) in [4.78, 5) is 41.8. The molecule has 236 valence electrons. The Morgan fingerprint density at radius 1 is 1.14 bits per heavy atom. The molecule has 1 spiro atoms. The van der Waals surface area contributed by atoms with Crippen LogP contribution >= 0.6 is 0 Å². The van der Waals surface area contributed by atoms with E-state index in [0.29, 0.717) is 28.9 Å². The summed E-state index contributed by atoms with van der Waals surface area (Å²) in [6, 6.07) is 7.32. The fraction of sp³-hybridized carbons (Fsp3) is 0.379. The van der Waals surface area contributed by atoms with Crippen molar-refractivity contribution in [2.45, 2.75) is 45.3 Å². The zero-order chi connectivity index (χ0) is 32.4. The molecule has 2 aliphatic rings. The van der Waals surface area contributed by atoms with Gasteiger partial charge in [-0.25, -0.2) is 12.8 Å². The Morgan fingerprint density at radius 2 is 1.82 bits per heavy atom. The number of carbonyl (C=O) groups is 3. The molecule has 0 aromatic heterocycles. The molecule has 2 amide bonds. The van der Waals surface area contributed by atoms with Crippen LogP contribution in [0.4, 0.5) is 23.2 Å². The second-order valence-corrected chi connectivity index (χ2v) is 12.3. The first-order valence-corrected chi connectivity index (χ1v) is 15.0. The predicted octanol–water partition coefficient (Wildman–Crippen LogP) is 3.78. The van der Waals surface area contributed by atoms with E-state index in [4.69, 9.17) is 4.74 Å². The van der Waals surface area contributed by atoms with Gasteiger partial charge in [-0.15, -0.1) is 0 Å². The molecule has 1 fully saturated rings. The number of carbonyl (C=O) groups excluding carboxylic acids is 3. The van der Waals surface area contributed by atoms with E-state index < -0.39 is 45.0 Å². The molecule has 0 aliphatic carbocycles. The number of hydrogen-bond acceptors (Lipinski definition) is 7. The first kappa shape index (κ1) is 32.8. The topological polar surface area (TPSA) is 125 Å². The van der Waals surface area contributed by atoms with Crippen LogP contribution in [0.25, 0.3) is 6.08 Å². The number of anilines is 1. The van der Waals surface area contributed by atoms with E-state index in [9.17, 15) is 40.4 Å². The maximum atomic E-state index is 13.7. The van der Waals surface area contributed by atoms with E-state index in [1.165, 1.54) is 29.1 Å². The maximum absolute atomic E-state index is 13.7. The number of nitrogens with zero attached hydrogens (tertiary/aromatic N) is 3. The zero-order valence-electron chi connectivity index (χ0n) is 24.1. The van der Waals surface area contributed by atoms with Gasteiger partial charge in [0, 0.05) is 43.6 Å². The molecule has 4 rings (SSSR count). The number of amidine groups is 1. The quantitative estimate of drug-likeness (QED) is 0.347. The van der Waals surface area contributed by atoms with Crippen molar-refractivity contribution in [2.75, 3.05) is 31.1 Å². The van der Waals surface area contributed by atoms with Crippen molar-refractivity contribution in [3.05, 3.63) is 69.9 Å². The SMILES string of the molecule is CC(=O)OCCN(C(C)=O)c1ccc(/C=C/S(=O)(=O)N2CCC3(CC2)N=C(c2ccc(F)c(C(F)(F)F)c2)NC3=O)c(C)c1. The summed E-state index contributed by atoms with van der Waals surface area (Å²) in [6.07, 6.45) is -3.54. The van der Waals surface area contributed by atoms with Gasteiger partial charge in [-0.3, -0.25) is 19.4 Å². The van der Waals surface area contributed by atoms with E-state index in [0.717, 1.165) is 11.5 Å². The highest BCUT2D eigenvalue weighted by Crippen LogP contribution is 2.35. The van der Waals surface area contributed by atoms with Gasteiger partial charge in [0.15, 0.2) is 0 Å².